The number of halogens is 1. The van der Waals surface area contributed by atoms with Crippen LogP contribution in [0.15, 0.2) is 6.07 Å². The largest absolute Gasteiger partial charge is 0.336 e. The van der Waals surface area contributed by atoms with Crippen LogP contribution in [0.3, 0.4) is 0 Å². The number of carbonyl (C=O) groups excluding carboxylic acids is 1. The number of hydrogen-bond acceptors (Lipinski definition) is 3. The lowest BCUT2D eigenvalue weighted by Crippen LogP contribution is -2.31. The maximum atomic E-state index is 12.2. The van der Waals surface area contributed by atoms with Crippen LogP contribution in [0.25, 0.3) is 0 Å². The molecular weight excluding hydrogens is 256 g/mol. The van der Waals surface area contributed by atoms with Crippen molar-refractivity contribution >= 4 is 29.7 Å². The van der Waals surface area contributed by atoms with Crippen LogP contribution in [0, 0.1) is 0 Å². The van der Waals surface area contributed by atoms with Crippen molar-refractivity contribution in [2.75, 3.05) is 13.1 Å². The number of aryl methyl sites for hydroxylation is 2. The minimum atomic E-state index is 0. The first-order valence-electron chi connectivity index (χ1n) is 5.90. The molecule has 1 aliphatic carbocycles. The first-order chi connectivity index (χ1) is 7.74. The number of fused-ring (bicyclic) bond motifs is 1. The molecule has 2 N–H and O–H groups in total. The van der Waals surface area contributed by atoms with E-state index in [9.17, 15) is 4.79 Å². The Morgan fingerprint density at radius 2 is 2.29 bits per heavy atom. The van der Waals surface area contributed by atoms with Crippen molar-refractivity contribution in [1.82, 2.24) is 4.90 Å². The summed E-state index contributed by atoms with van der Waals surface area (Å²) in [6.45, 7) is 1.55. The summed E-state index contributed by atoms with van der Waals surface area (Å²) in [6, 6.07) is 2.27. The van der Waals surface area contributed by atoms with Crippen LogP contribution in [0.1, 0.15) is 33.0 Å². The molecule has 2 heterocycles. The molecule has 3 rings (SSSR count). The van der Waals surface area contributed by atoms with Crippen LogP contribution in [0.5, 0.6) is 0 Å². The number of likely N-dealkylation sites (tertiary alicyclic amines) is 1. The van der Waals surface area contributed by atoms with Crippen molar-refractivity contribution in [3.63, 3.8) is 0 Å². The predicted molar refractivity (Wildman–Crippen MR) is 72.1 cm³/mol. The molecule has 3 nitrogen and oxygen atoms in total. The van der Waals surface area contributed by atoms with Gasteiger partial charge in [-0.1, -0.05) is 0 Å². The lowest BCUT2D eigenvalue weighted by molar-refractivity contribution is 0.0795. The van der Waals surface area contributed by atoms with Crippen molar-refractivity contribution in [1.29, 1.82) is 0 Å². The summed E-state index contributed by atoms with van der Waals surface area (Å²) in [7, 11) is 0. The fraction of sp³-hybridized carbons (Fsp3) is 0.583. The number of carbonyl (C=O) groups is 1. The zero-order valence-electron chi connectivity index (χ0n) is 9.65. The zero-order valence-corrected chi connectivity index (χ0v) is 11.3. The highest BCUT2D eigenvalue weighted by Gasteiger charge is 2.27. The van der Waals surface area contributed by atoms with Crippen molar-refractivity contribution in [2.45, 2.75) is 31.7 Å². The maximum absolute atomic E-state index is 12.2. The number of nitrogens with zero attached hydrogens (tertiary/aromatic N) is 1. The highest BCUT2D eigenvalue weighted by atomic mass is 35.5. The smallest absolute Gasteiger partial charge is 0.263 e. The molecule has 0 unspecified atom stereocenters. The van der Waals surface area contributed by atoms with Crippen molar-refractivity contribution < 1.29 is 4.79 Å². The molecule has 1 saturated heterocycles. The average molecular weight is 273 g/mol. The van der Waals surface area contributed by atoms with Gasteiger partial charge in [0.25, 0.3) is 5.91 Å². The molecule has 0 radical (unpaired) electrons. The van der Waals surface area contributed by atoms with E-state index in [0.717, 1.165) is 37.2 Å². The van der Waals surface area contributed by atoms with Gasteiger partial charge in [0, 0.05) is 24.0 Å². The Labute approximate surface area is 111 Å². The van der Waals surface area contributed by atoms with E-state index in [1.807, 2.05) is 4.90 Å². The standard InChI is InChI=1S/C12H16N2OS.ClH/c13-9-4-5-14(7-9)12(15)11-6-8-2-1-3-10(8)16-11;/h6,9H,1-5,7,13H2;1H/t9-;/m1./s1. The molecular formula is C12H17ClN2OS. The molecule has 1 fully saturated rings. The van der Waals surface area contributed by atoms with Gasteiger partial charge in [-0.15, -0.1) is 23.7 Å². The summed E-state index contributed by atoms with van der Waals surface area (Å²) in [5.41, 5.74) is 7.22. The van der Waals surface area contributed by atoms with E-state index in [-0.39, 0.29) is 24.4 Å². The Kier molecular flexibility index (Phi) is 3.76. The van der Waals surface area contributed by atoms with Gasteiger partial charge in [-0.2, -0.15) is 0 Å². The summed E-state index contributed by atoms with van der Waals surface area (Å²) >= 11 is 1.69. The fourth-order valence-corrected chi connectivity index (χ4v) is 3.78. The van der Waals surface area contributed by atoms with Crippen LogP contribution >= 0.6 is 23.7 Å². The Balaban J connectivity index is 0.00000108. The van der Waals surface area contributed by atoms with Gasteiger partial charge in [-0.05, 0) is 37.3 Å². The molecule has 1 aromatic rings. The molecule has 1 aromatic heterocycles. The normalized spacial score (nSPS) is 22.4. The van der Waals surface area contributed by atoms with Gasteiger partial charge in [0.05, 0.1) is 4.88 Å². The van der Waals surface area contributed by atoms with Crippen LogP contribution in [-0.2, 0) is 12.8 Å². The monoisotopic (exact) mass is 272 g/mol. The topological polar surface area (TPSA) is 46.3 Å². The van der Waals surface area contributed by atoms with Gasteiger partial charge >= 0.3 is 0 Å². The van der Waals surface area contributed by atoms with E-state index < -0.39 is 0 Å². The highest BCUT2D eigenvalue weighted by molar-refractivity contribution is 7.14. The molecule has 17 heavy (non-hydrogen) atoms. The number of hydrogen-bond donors (Lipinski definition) is 1. The molecule has 1 atom stereocenters. The molecule has 0 bridgehead atoms. The molecule has 2 aliphatic rings. The van der Waals surface area contributed by atoms with Crippen LogP contribution in [0.4, 0.5) is 0 Å². The first-order valence-corrected chi connectivity index (χ1v) is 6.72. The Bertz CT molecular complexity index is 411. The maximum Gasteiger partial charge on any atom is 0.263 e. The molecule has 1 aliphatic heterocycles. The van der Waals surface area contributed by atoms with Gasteiger partial charge < -0.3 is 10.6 Å². The zero-order chi connectivity index (χ0) is 11.1. The van der Waals surface area contributed by atoms with Crippen LogP contribution in [-0.4, -0.2) is 29.9 Å². The van der Waals surface area contributed by atoms with E-state index in [0.29, 0.717) is 0 Å². The van der Waals surface area contributed by atoms with Gasteiger partial charge in [0.2, 0.25) is 0 Å². The third-order valence-electron chi connectivity index (χ3n) is 3.47. The summed E-state index contributed by atoms with van der Waals surface area (Å²) in [4.78, 5) is 16.4. The predicted octanol–water partition coefficient (Wildman–Crippen LogP) is 1.83. The molecule has 5 heteroatoms. The van der Waals surface area contributed by atoms with Crippen molar-refractivity contribution in [3.05, 3.63) is 21.4 Å². The van der Waals surface area contributed by atoms with E-state index in [1.54, 1.807) is 11.3 Å². The Morgan fingerprint density at radius 1 is 1.47 bits per heavy atom. The summed E-state index contributed by atoms with van der Waals surface area (Å²) < 4.78 is 0. The fourth-order valence-electron chi connectivity index (χ4n) is 2.56. The molecule has 0 spiro atoms. The summed E-state index contributed by atoms with van der Waals surface area (Å²) in [6.07, 6.45) is 4.51. The molecule has 0 saturated carbocycles. The number of thiophene rings is 1. The van der Waals surface area contributed by atoms with Gasteiger partial charge in [0.1, 0.15) is 0 Å². The van der Waals surface area contributed by atoms with Gasteiger partial charge in [-0.3, -0.25) is 4.79 Å². The minimum absolute atomic E-state index is 0. The van der Waals surface area contributed by atoms with Gasteiger partial charge in [-0.25, -0.2) is 0 Å². The second kappa shape index (κ2) is 4.96. The van der Waals surface area contributed by atoms with Crippen molar-refractivity contribution in [3.8, 4) is 0 Å². The number of nitrogens with two attached hydrogens (primary N) is 1. The first kappa shape index (κ1) is 12.9. The third-order valence-corrected chi connectivity index (χ3v) is 4.69. The second-order valence-corrected chi connectivity index (χ2v) is 5.85. The average Bonchev–Trinajstić information content (AvgIpc) is 2.89. The highest BCUT2D eigenvalue weighted by Crippen LogP contribution is 2.31. The Morgan fingerprint density at radius 3 is 2.94 bits per heavy atom. The van der Waals surface area contributed by atoms with E-state index in [1.165, 1.54) is 16.9 Å². The van der Waals surface area contributed by atoms with Gasteiger partial charge in [0.15, 0.2) is 0 Å². The Hall–Kier alpha value is -0.580. The summed E-state index contributed by atoms with van der Waals surface area (Å²) in [5.74, 6) is 0.187. The molecule has 0 aromatic carbocycles. The quantitative estimate of drug-likeness (QED) is 0.848. The van der Waals surface area contributed by atoms with E-state index in [4.69, 9.17) is 5.73 Å². The van der Waals surface area contributed by atoms with Crippen LogP contribution in [0.2, 0.25) is 0 Å². The van der Waals surface area contributed by atoms with E-state index in [2.05, 4.69) is 6.07 Å². The minimum Gasteiger partial charge on any atom is -0.336 e. The number of amides is 1. The SMILES string of the molecule is Cl.N[C@@H]1CCN(C(=O)c2cc3c(s2)CCC3)C1. The van der Waals surface area contributed by atoms with Crippen LogP contribution < -0.4 is 5.73 Å². The summed E-state index contributed by atoms with van der Waals surface area (Å²) in [5, 5.41) is 0. The second-order valence-electron chi connectivity index (χ2n) is 4.71. The van der Waals surface area contributed by atoms with E-state index >= 15 is 0 Å². The third kappa shape index (κ3) is 2.34. The molecule has 94 valence electrons. The van der Waals surface area contributed by atoms with Crippen molar-refractivity contribution in [2.24, 2.45) is 5.73 Å². The lowest BCUT2D eigenvalue weighted by atomic mass is 10.2. The lowest BCUT2D eigenvalue weighted by Gasteiger charge is -2.14. The number of rotatable bonds is 1. The molecule has 1 amide bonds.